The van der Waals surface area contributed by atoms with Gasteiger partial charge in [-0.3, -0.25) is 9.89 Å². The lowest BCUT2D eigenvalue weighted by Gasteiger charge is -2.07. The van der Waals surface area contributed by atoms with Crippen LogP contribution in [-0.2, 0) is 6.54 Å². The Morgan fingerprint density at radius 3 is 2.78 bits per heavy atom. The molecular weight excluding hydrogens is 408 g/mol. The highest BCUT2D eigenvalue weighted by molar-refractivity contribution is 7.14. The summed E-state index contributed by atoms with van der Waals surface area (Å²) in [7, 11) is 0. The third kappa shape index (κ3) is 3.43. The third-order valence-electron chi connectivity index (χ3n) is 4.12. The summed E-state index contributed by atoms with van der Waals surface area (Å²) < 4.78 is 13.8. The highest BCUT2D eigenvalue weighted by Crippen LogP contribution is 2.35. The van der Waals surface area contributed by atoms with Gasteiger partial charge in [-0.05, 0) is 30.3 Å². The van der Waals surface area contributed by atoms with Crippen molar-refractivity contribution in [2.75, 3.05) is 0 Å². The fourth-order valence-electron chi connectivity index (χ4n) is 2.76. The number of halogens is 3. The lowest BCUT2D eigenvalue weighted by Crippen LogP contribution is -2.23. The van der Waals surface area contributed by atoms with E-state index < -0.39 is 5.82 Å². The van der Waals surface area contributed by atoms with Gasteiger partial charge in [0.05, 0.1) is 21.0 Å². The zero-order chi connectivity index (χ0) is 19.0. The van der Waals surface area contributed by atoms with Crippen molar-refractivity contribution in [1.82, 2.24) is 15.5 Å². The molecule has 2 N–H and O–H groups in total. The number of aromatic nitrogens is 2. The summed E-state index contributed by atoms with van der Waals surface area (Å²) in [6, 6.07) is 11.7. The molecule has 0 bridgehead atoms. The van der Waals surface area contributed by atoms with Crippen molar-refractivity contribution in [1.29, 1.82) is 0 Å². The second kappa shape index (κ2) is 7.31. The minimum absolute atomic E-state index is 0.00663. The van der Waals surface area contributed by atoms with Crippen molar-refractivity contribution in [3.63, 3.8) is 0 Å². The van der Waals surface area contributed by atoms with Gasteiger partial charge in [-0.25, -0.2) is 4.39 Å². The highest BCUT2D eigenvalue weighted by atomic mass is 35.5. The molecule has 2 aromatic carbocycles. The van der Waals surface area contributed by atoms with E-state index in [1.807, 2.05) is 12.1 Å². The van der Waals surface area contributed by atoms with Gasteiger partial charge in [-0.15, -0.1) is 11.3 Å². The summed E-state index contributed by atoms with van der Waals surface area (Å²) in [6.07, 6.45) is 0. The molecule has 0 aliphatic carbocycles. The van der Waals surface area contributed by atoms with Crippen LogP contribution in [0.1, 0.15) is 15.9 Å². The van der Waals surface area contributed by atoms with Gasteiger partial charge in [0.1, 0.15) is 11.5 Å². The molecule has 0 saturated carbocycles. The molecule has 4 nitrogen and oxygen atoms in total. The first-order valence-electron chi connectivity index (χ1n) is 7.97. The quantitative estimate of drug-likeness (QED) is 0.447. The van der Waals surface area contributed by atoms with Crippen LogP contribution in [0.25, 0.3) is 21.5 Å². The van der Waals surface area contributed by atoms with Gasteiger partial charge in [0, 0.05) is 27.9 Å². The SMILES string of the molecule is O=C(NCc1c(F)cccc1Cl)c1csc(-c2n[nH]c3cccc(Cl)c23)c1. The number of hydrogen-bond donors (Lipinski definition) is 2. The Bertz CT molecular complexity index is 1130. The molecule has 8 heteroatoms. The molecule has 0 unspecified atom stereocenters. The molecule has 0 fully saturated rings. The summed E-state index contributed by atoms with van der Waals surface area (Å²) in [4.78, 5) is 13.2. The number of nitrogens with zero attached hydrogens (tertiary/aromatic N) is 1. The van der Waals surface area contributed by atoms with Gasteiger partial charge in [0.25, 0.3) is 5.91 Å². The van der Waals surface area contributed by atoms with Crippen molar-refractivity contribution in [3.8, 4) is 10.6 Å². The number of aromatic amines is 1. The Labute approximate surface area is 167 Å². The second-order valence-corrected chi connectivity index (χ2v) is 7.54. The number of rotatable bonds is 4. The normalized spacial score (nSPS) is 11.1. The van der Waals surface area contributed by atoms with Crippen molar-refractivity contribution < 1.29 is 9.18 Å². The maximum Gasteiger partial charge on any atom is 0.252 e. The van der Waals surface area contributed by atoms with Gasteiger partial charge in [0.2, 0.25) is 0 Å². The van der Waals surface area contributed by atoms with E-state index in [2.05, 4.69) is 15.5 Å². The maximum atomic E-state index is 13.8. The van der Waals surface area contributed by atoms with Crippen LogP contribution in [0.4, 0.5) is 4.39 Å². The standard InChI is InChI=1S/C19H12Cl2FN3OS/c20-12-3-1-5-14(22)11(12)8-23-19(26)10-7-16(27-9-10)18-17-13(21)4-2-6-15(17)24-25-18/h1-7,9H,8H2,(H,23,26)(H,24,25). The summed E-state index contributed by atoms with van der Waals surface area (Å²) in [5, 5.41) is 13.4. The minimum atomic E-state index is -0.452. The monoisotopic (exact) mass is 419 g/mol. The number of carbonyl (C=O) groups excluding carboxylic acids is 1. The van der Waals surface area contributed by atoms with Crippen LogP contribution in [0.15, 0.2) is 47.8 Å². The average molecular weight is 420 g/mol. The number of carbonyl (C=O) groups is 1. The van der Waals surface area contributed by atoms with Crippen LogP contribution in [0.5, 0.6) is 0 Å². The average Bonchev–Trinajstić information content (AvgIpc) is 3.28. The molecule has 4 rings (SSSR count). The van der Waals surface area contributed by atoms with E-state index in [1.165, 1.54) is 23.5 Å². The zero-order valence-corrected chi connectivity index (χ0v) is 16.1. The first kappa shape index (κ1) is 18.0. The zero-order valence-electron chi connectivity index (χ0n) is 13.7. The molecular formula is C19H12Cl2FN3OS. The molecule has 0 aliphatic heterocycles. The number of hydrogen-bond acceptors (Lipinski definition) is 3. The minimum Gasteiger partial charge on any atom is -0.348 e. The number of H-pyrrole nitrogens is 1. The summed E-state index contributed by atoms with van der Waals surface area (Å²) in [5.41, 5.74) is 2.24. The summed E-state index contributed by atoms with van der Waals surface area (Å²) in [5.74, 6) is -0.769. The Balaban J connectivity index is 1.56. The van der Waals surface area contributed by atoms with Gasteiger partial charge in [-0.1, -0.05) is 35.3 Å². The molecule has 1 amide bonds. The van der Waals surface area contributed by atoms with E-state index >= 15 is 0 Å². The molecule has 136 valence electrons. The number of thiophene rings is 1. The lowest BCUT2D eigenvalue weighted by atomic mass is 10.1. The van der Waals surface area contributed by atoms with Crippen LogP contribution < -0.4 is 5.32 Å². The number of benzene rings is 2. The Morgan fingerprint density at radius 2 is 1.96 bits per heavy atom. The van der Waals surface area contributed by atoms with E-state index in [9.17, 15) is 9.18 Å². The first-order chi connectivity index (χ1) is 13.0. The first-order valence-corrected chi connectivity index (χ1v) is 9.60. The molecule has 0 aliphatic rings. The van der Waals surface area contributed by atoms with Gasteiger partial charge in [-0.2, -0.15) is 5.10 Å². The lowest BCUT2D eigenvalue weighted by molar-refractivity contribution is 0.0951. The van der Waals surface area contributed by atoms with Gasteiger partial charge < -0.3 is 5.32 Å². The van der Waals surface area contributed by atoms with Crippen LogP contribution in [-0.4, -0.2) is 16.1 Å². The van der Waals surface area contributed by atoms with E-state index in [0.717, 1.165) is 15.8 Å². The fraction of sp³-hybridized carbons (Fsp3) is 0.0526. The maximum absolute atomic E-state index is 13.8. The van der Waals surface area contributed by atoms with Gasteiger partial charge >= 0.3 is 0 Å². The third-order valence-corrected chi connectivity index (χ3v) is 5.73. The van der Waals surface area contributed by atoms with E-state index in [0.29, 0.717) is 16.3 Å². The second-order valence-electron chi connectivity index (χ2n) is 5.82. The molecule has 0 spiro atoms. The topological polar surface area (TPSA) is 57.8 Å². The summed E-state index contributed by atoms with van der Waals surface area (Å²) in [6.45, 7) is 0.00663. The number of fused-ring (bicyclic) bond motifs is 1. The molecule has 0 atom stereocenters. The number of amides is 1. The fourth-order valence-corrected chi connectivity index (χ4v) is 4.14. The Morgan fingerprint density at radius 1 is 1.19 bits per heavy atom. The van der Waals surface area contributed by atoms with Gasteiger partial charge in [0.15, 0.2) is 0 Å². The molecule has 4 aromatic rings. The van der Waals surface area contributed by atoms with E-state index in [4.69, 9.17) is 23.2 Å². The molecule has 0 radical (unpaired) electrons. The molecule has 27 heavy (non-hydrogen) atoms. The highest BCUT2D eigenvalue weighted by Gasteiger charge is 2.16. The van der Waals surface area contributed by atoms with E-state index in [-0.39, 0.29) is 23.0 Å². The van der Waals surface area contributed by atoms with Crippen molar-refractivity contribution in [2.45, 2.75) is 6.54 Å². The van der Waals surface area contributed by atoms with Crippen molar-refractivity contribution in [3.05, 3.63) is 74.8 Å². The number of nitrogens with one attached hydrogen (secondary N) is 2. The van der Waals surface area contributed by atoms with Crippen molar-refractivity contribution in [2.24, 2.45) is 0 Å². The summed E-state index contributed by atoms with van der Waals surface area (Å²) >= 11 is 13.7. The smallest absolute Gasteiger partial charge is 0.252 e. The Kier molecular flexibility index (Phi) is 4.86. The predicted octanol–water partition coefficient (Wildman–Crippen LogP) is 5.67. The molecule has 2 aromatic heterocycles. The van der Waals surface area contributed by atoms with Crippen LogP contribution in [0.2, 0.25) is 10.0 Å². The molecule has 0 saturated heterocycles. The Hall–Kier alpha value is -2.41. The van der Waals surface area contributed by atoms with Crippen molar-refractivity contribution >= 4 is 51.3 Å². The van der Waals surface area contributed by atoms with Crippen LogP contribution in [0, 0.1) is 5.82 Å². The molecule has 2 heterocycles. The van der Waals surface area contributed by atoms with Crippen LogP contribution >= 0.6 is 34.5 Å². The predicted molar refractivity (Wildman–Crippen MR) is 107 cm³/mol. The van der Waals surface area contributed by atoms with Crippen LogP contribution in [0.3, 0.4) is 0 Å². The largest absolute Gasteiger partial charge is 0.348 e. The van der Waals surface area contributed by atoms with E-state index in [1.54, 1.807) is 23.6 Å².